The number of likely N-dealkylation sites (N-methyl/N-ethyl adjacent to an activating group) is 1. The van der Waals surface area contributed by atoms with Gasteiger partial charge in [0.05, 0.1) is 20.1 Å². The van der Waals surface area contributed by atoms with Crippen molar-refractivity contribution in [3.8, 4) is 22.6 Å². The van der Waals surface area contributed by atoms with E-state index in [4.69, 9.17) is 0 Å². The molecule has 0 fully saturated rings. The second-order valence-corrected chi connectivity index (χ2v) is 7.24. The summed E-state index contributed by atoms with van der Waals surface area (Å²) in [5.74, 6) is 0.00559. The zero-order valence-corrected chi connectivity index (χ0v) is 13.8. The van der Waals surface area contributed by atoms with Crippen molar-refractivity contribution in [3.63, 3.8) is 0 Å². The maximum absolute atomic E-state index is 10.4. The molecule has 0 saturated heterocycles. The summed E-state index contributed by atoms with van der Waals surface area (Å²) in [4.78, 5) is 0. The molecule has 1 aliphatic heterocycles. The van der Waals surface area contributed by atoms with Gasteiger partial charge in [-0.15, -0.1) is 0 Å². The number of aromatic hydroxyl groups is 2. The zero-order chi connectivity index (χ0) is 16.2. The number of quaternary nitrogens is 1. The third-order valence-electron chi connectivity index (χ3n) is 5.83. The molecule has 2 unspecified atom stereocenters. The largest absolute Gasteiger partial charge is 0.504 e. The first kappa shape index (κ1) is 14.6. The molecule has 0 spiro atoms. The quantitative estimate of drug-likeness (QED) is 0.655. The van der Waals surface area contributed by atoms with E-state index < -0.39 is 0 Å². The highest BCUT2D eigenvalue weighted by Gasteiger charge is 2.43. The van der Waals surface area contributed by atoms with Gasteiger partial charge in [0.2, 0.25) is 0 Å². The Bertz CT molecular complexity index is 783. The van der Waals surface area contributed by atoms with Crippen molar-refractivity contribution < 1.29 is 14.7 Å². The minimum Gasteiger partial charge on any atom is -0.504 e. The minimum absolute atomic E-state index is 0.0265. The highest BCUT2D eigenvalue weighted by Crippen LogP contribution is 2.51. The Hall–Kier alpha value is -2.00. The molecule has 0 aromatic heterocycles. The average Bonchev–Trinajstić information content (AvgIpc) is 2.55. The van der Waals surface area contributed by atoms with Gasteiger partial charge in [0.1, 0.15) is 6.04 Å². The number of benzene rings is 2. The third kappa shape index (κ3) is 1.99. The average molecular weight is 310 g/mol. The Morgan fingerprint density at radius 3 is 2.74 bits per heavy atom. The Balaban J connectivity index is 1.98. The molecule has 1 heterocycles. The first-order chi connectivity index (χ1) is 11.0. The summed E-state index contributed by atoms with van der Waals surface area (Å²) in [6.07, 6.45) is 3.20. The Kier molecular flexibility index (Phi) is 3.17. The summed E-state index contributed by atoms with van der Waals surface area (Å²) in [5.41, 5.74) is 5.90. The molecule has 120 valence electrons. The van der Waals surface area contributed by atoms with E-state index in [1.807, 2.05) is 6.07 Å². The summed E-state index contributed by atoms with van der Waals surface area (Å²) in [6, 6.07) is 10.5. The second kappa shape index (κ2) is 5.00. The Labute approximate surface area is 137 Å². The van der Waals surface area contributed by atoms with Crippen LogP contribution in [-0.4, -0.2) is 34.8 Å². The molecule has 2 aromatic carbocycles. The molecule has 2 N–H and O–H groups in total. The molecule has 23 heavy (non-hydrogen) atoms. The molecular weight excluding hydrogens is 286 g/mol. The van der Waals surface area contributed by atoms with E-state index in [0.717, 1.165) is 34.0 Å². The Morgan fingerprint density at radius 2 is 1.96 bits per heavy atom. The second-order valence-electron chi connectivity index (χ2n) is 7.24. The van der Waals surface area contributed by atoms with Crippen molar-refractivity contribution in [2.24, 2.45) is 0 Å². The van der Waals surface area contributed by atoms with Crippen LogP contribution in [0.15, 0.2) is 30.3 Å². The van der Waals surface area contributed by atoms with Crippen LogP contribution in [-0.2, 0) is 12.8 Å². The lowest BCUT2D eigenvalue weighted by molar-refractivity contribution is -0.941. The molecule has 4 rings (SSSR count). The van der Waals surface area contributed by atoms with Crippen molar-refractivity contribution in [1.29, 1.82) is 0 Å². The zero-order valence-electron chi connectivity index (χ0n) is 13.8. The summed E-state index contributed by atoms with van der Waals surface area (Å²) in [7, 11) is 2.37. The highest BCUT2D eigenvalue weighted by molar-refractivity contribution is 5.82. The van der Waals surface area contributed by atoms with Crippen molar-refractivity contribution in [3.05, 3.63) is 47.0 Å². The van der Waals surface area contributed by atoms with Gasteiger partial charge in [-0.2, -0.15) is 0 Å². The number of hydrogen-bond acceptors (Lipinski definition) is 2. The molecule has 2 aliphatic rings. The molecule has 0 radical (unpaired) electrons. The molecule has 3 nitrogen and oxygen atoms in total. The number of nitrogens with zero attached hydrogens (tertiary/aromatic N) is 1. The minimum atomic E-state index is -0.0265. The molecule has 3 heteroatoms. The number of hydrogen-bond donors (Lipinski definition) is 2. The third-order valence-corrected chi connectivity index (χ3v) is 5.83. The lowest BCUT2D eigenvalue weighted by Gasteiger charge is -2.48. The van der Waals surface area contributed by atoms with Gasteiger partial charge in [-0.3, -0.25) is 0 Å². The number of rotatable bonds is 2. The van der Waals surface area contributed by atoms with Gasteiger partial charge in [-0.05, 0) is 29.2 Å². The van der Waals surface area contributed by atoms with Crippen LogP contribution in [0.1, 0.15) is 36.1 Å². The van der Waals surface area contributed by atoms with Gasteiger partial charge in [0.15, 0.2) is 11.5 Å². The summed E-state index contributed by atoms with van der Waals surface area (Å²) in [5, 5.41) is 20.4. The molecule has 0 amide bonds. The van der Waals surface area contributed by atoms with E-state index in [0.29, 0.717) is 6.04 Å². The fourth-order valence-electron chi connectivity index (χ4n) is 4.69. The monoisotopic (exact) mass is 310 g/mol. The van der Waals surface area contributed by atoms with Crippen molar-refractivity contribution in [2.45, 2.75) is 32.2 Å². The topological polar surface area (TPSA) is 40.5 Å². The van der Waals surface area contributed by atoms with Crippen LogP contribution in [0.25, 0.3) is 11.1 Å². The SMILES string of the molecule is CCC[N+]1(C)CCc2cccc3c2C1Cc1ccc(O)c(O)c1-3. The van der Waals surface area contributed by atoms with Gasteiger partial charge in [0, 0.05) is 24.0 Å². The van der Waals surface area contributed by atoms with Gasteiger partial charge < -0.3 is 14.7 Å². The van der Waals surface area contributed by atoms with Crippen LogP contribution in [0.3, 0.4) is 0 Å². The smallest absolute Gasteiger partial charge is 0.165 e. The first-order valence-corrected chi connectivity index (χ1v) is 8.55. The molecule has 0 saturated carbocycles. The number of phenolic OH excluding ortho intramolecular Hbond substituents is 2. The van der Waals surface area contributed by atoms with Gasteiger partial charge in [-0.25, -0.2) is 0 Å². The fourth-order valence-corrected chi connectivity index (χ4v) is 4.69. The van der Waals surface area contributed by atoms with Crippen LogP contribution in [0.5, 0.6) is 11.5 Å². The van der Waals surface area contributed by atoms with Crippen molar-refractivity contribution in [2.75, 3.05) is 20.1 Å². The molecular formula is C20H24NO2+. The van der Waals surface area contributed by atoms with Crippen molar-refractivity contribution >= 4 is 0 Å². The van der Waals surface area contributed by atoms with Gasteiger partial charge >= 0.3 is 0 Å². The lowest BCUT2D eigenvalue weighted by atomic mass is 9.75. The van der Waals surface area contributed by atoms with Gasteiger partial charge in [0.25, 0.3) is 0 Å². The van der Waals surface area contributed by atoms with Gasteiger partial charge in [-0.1, -0.05) is 31.2 Å². The van der Waals surface area contributed by atoms with E-state index in [2.05, 4.69) is 32.2 Å². The summed E-state index contributed by atoms with van der Waals surface area (Å²) < 4.78 is 1.07. The molecule has 2 atom stereocenters. The molecule has 1 aliphatic carbocycles. The van der Waals surface area contributed by atoms with Crippen LogP contribution in [0.4, 0.5) is 0 Å². The van der Waals surface area contributed by atoms with Crippen molar-refractivity contribution in [1.82, 2.24) is 0 Å². The normalized spacial score (nSPS) is 24.9. The van der Waals surface area contributed by atoms with Crippen LogP contribution < -0.4 is 0 Å². The standard InChI is InChI=1S/C20H23NO2/c1-3-10-21(2)11-9-13-5-4-6-15-18(13)16(21)12-14-7-8-17(22)20(23)19(14)15/h4-8,16H,3,9-12H2,1-2H3,(H-,22,23)/p+1. The van der Waals surface area contributed by atoms with E-state index in [1.54, 1.807) is 6.07 Å². The predicted octanol–water partition coefficient (Wildman–Crippen LogP) is 3.77. The number of phenols is 2. The van der Waals surface area contributed by atoms with Crippen LogP contribution in [0, 0.1) is 0 Å². The van der Waals surface area contributed by atoms with E-state index >= 15 is 0 Å². The maximum atomic E-state index is 10.4. The lowest BCUT2D eigenvalue weighted by Crippen LogP contribution is -2.53. The maximum Gasteiger partial charge on any atom is 0.165 e. The molecule has 2 aromatic rings. The summed E-state index contributed by atoms with van der Waals surface area (Å²) >= 11 is 0. The molecule has 0 bridgehead atoms. The Morgan fingerprint density at radius 1 is 1.13 bits per heavy atom. The van der Waals surface area contributed by atoms with E-state index in [1.165, 1.54) is 30.6 Å². The van der Waals surface area contributed by atoms with Crippen LogP contribution in [0.2, 0.25) is 0 Å². The fraction of sp³-hybridized carbons (Fsp3) is 0.400. The summed E-state index contributed by atoms with van der Waals surface area (Å²) in [6.45, 7) is 4.61. The van der Waals surface area contributed by atoms with Crippen LogP contribution >= 0.6 is 0 Å². The number of fused-ring (bicyclic) bond motifs is 2. The highest BCUT2D eigenvalue weighted by atomic mass is 16.3. The predicted molar refractivity (Wildman–Crippen MR) is 91.6 cm³/mol. The van der Waals surface area contributed by atoms with E-state index in [-0.39, 0.29) is 11.5 Å². The van der Waals surface area contributed by atoms with E-state index in [9.17, 15) is 10.2 Å². The first-order valence-electron chi connectivity index (χ1n) is 8.55.